The first kappa shape index (κ1) is 15.3. The Kier molecular flexibility index (Phi) is 5.44. The highest BCUT2D eigenvalue weighted by Gasteiger charge is 2.35. The Bertz CT molecular complexity index is 354. The maximum absolute atomic E-state index is 12.7. The molecule has 0 aromatic heterocycles. The van der Waals surface area contributed by atoms with Gasteiger partial charge in [0.15, 0.2) is 0 Å². The van der Waals surface area contributed by atoms with E-state index in [1.807, 2.05) is 0 Å². The SMILES string of the molecule is CCCC1CCCCN1C(=O)C1CCCC(C(=O)O)C1. The van der Waals surface area contributed by atoms with Crippen LogP contribution in [-0.4, -0.2) is 34.5 Å². The first-order valence-corrected chi connectivity index (χ1v) is 8.16. The predicted octanol–water partition coefficient (Wildman–Crippen LogP) is 3.06. The van der Waals surface area contributed by atoms with Crippen molar-refractivity contribution in [2.75, 3.05) is 6.54 Å². The Morgan fingerprint density at radius 3 is 2.55 bits per heavy atom. The first-order chi connectivity index (χ1) is 9.63. The van der Waals surface area contributed by atoms with Crippen molar-refractivity contribution in [3.05, 3.63) is 0 Å². The summed E-state index contributed by atoms with van der Waals surface area (Å²) in [5.74, 6) is -0.866. The minimum atomic E-state index is -0.730. The second kappa shape index (κ2) is 7.09. The van der Waals surface area contributed by atoms with E-state index in [2.05, 4.69) is 11.8 Å². The van der Waals surface area contributed by atoms with Crippen LogP contribution in [0.4, 0.5) is 0 Å². The van der Waals surface area contributed by atoms with Gasteiger partial charge in [-0.05, 0) is 44.9 Å². The van der Waals surface area contributed by atoms with Crippen LogP contribution in [-0.2, 0) is 9.59 Å². The van der Waals surface area contributed by atoms with Crippen LogP contribution in [0.3, 0.4) is 0 Å². The molecule has 4 heteroatoms. The van der Waals surface area contributed by atoms with Crippen LogP contribution in [0.2, 0.25) is 0 Å². The van der Waals surface area contributed by atoms with Gasteiger partial charge >= 0.3 is 5.97 Å². The number of carbonyl (C=O) groups is 2. The molecule has 0 bridgehead atoms. The molecule has 0 aromatic rings. The standard InChI is InChI=1S/C16H27NO3/c1-2-6-14-9-3-4-10-17(14)15(18)12-7-5-8-13(11-12)16(19)20/h12-14H,2-11H2,1H3,(H,19,20). The van der Waals surface area contributed by atoms with E-state index in [1.54, 1.807) is 0 Å². The smallest absolute Gasteiger partial charge is 0.306 e. The molecule has 114 valence electrons. The highest BCUT2D eigenvalue weighted by Crippen LogP contribution is 2.32. The number of aliphatic carboxylic acids is 1. The van der Waals surface area contributed by atoms with Crippen LogP contribution in [0.5, 0.6) is 0 Å². The van der Waals surface area contributed by atoms with E-state index in [-0.39, 0.29) is 17.7 Å². The van der Waals surface area contributed by atoms with Crippen LogP contribution in [0.1, 0.15) is 64.7 Å². The number of hydrogen-bond acceptors (Lipinski definition) is 2. The number of piperidine rings is 1. The molecule has 1 saturated heterocycles. The molecule has 1 heterocycles. The van der Waals surface area contributed by atoms with E-state index in [4.69, 9.17) is 5.11 Å². The normalized spacial score (nSPS) is 31.1. The van der Waals surface area contributed by atoms with Gasteiger partial charge in [-0.1, -0.05) is 19.8 Å². The third-order valence-electron chi connectivity index (χ3n) is 4.90. The molecule has 0 aromatic carbocycles. The number of nitrogens with zero attached hydrogens (tertiary/aromatic N) is 1. The second-order valence-electron chi connectivity index (χ2n) is 6.37. The lowest BCUT2D eigenvalue weighted by Gasteiger charge is -2.39. The maximum Gasteiger partial charge on any atom is 0.306 e. The molecular weight excluding hydrogens is 254 g/mol. The summed E-state index contributed by atoms with van der Waals surface area (Å²) in [4.78, 5) is 26.0. The third-order valence-corrected chi connectivity index (χ3v) is 4.90. The second-order valence-corrected chi connectivity index (χ2v) is 6.37. The van der Waals surface area contributed by atoms with Crippen molar-refractivity contribution in [1.29, 1.82) is 0 Å². The monoisotopic (exact) mass is 281 g/mol. The van der Waals surface area contributed by atoms with Crippen molar-refractivity contribution in [1.82, 2.24) is 4.90 Å². The molecule has 2 fully saturated rings. The van der Waals surface area contributed by atoms with E-state index >= 15 is 0 Å². The zero-order chi connectivity index (χ0) is 14.5. The first-order valence-electron chi connectivity index (χ1n) is 8.16. The van der Waals surface area contributed by atoms with Gasteiger partial charge in [-0.25, -0.2) is 0 Å². The van der Waals surface area contributed by atoms with E-state index in [9.17, 15) is 9.59 Å². The fraction of sp³-hybridized carbons (Fsp3) is 0.875. The van der Waals surface area contributed by atoms with Crippen molar-refractivity contribution in [3.8, 4) is 0 Å². The molecule has 1 amide bonds. The maximum atomic E-state index is 12.7. The fourth-order valence-electron chi connectivity index (χ4n) is 3.80. The number of hydrogen-bond donors (Lipinski definition) is 1. The number of carboxylic acid groups (broad SMARTS) is 1. The van der Waals surface area contributed by atoms with Crippen molar-refractivity contribution in [3.63, 3.8) is 0 Å². The molecule has 1 saturated carbocycles. The highest BCUT2D eigenvalue weighted by atomic mass is 16.4. The minimum absolute atomic E-state index is 0.0534. The molecular formula is C16H27NO3. The topological polar surface area (TPSA) is 57.6 Å². The lowest BCUT2D eigenvalue weighted by Crippen LogP contribution is -2.47. The summed E-state index contributed by atoms with van der Waals surface area (Å²) in [6.07, 6.45) is 8.66. The Hall–Kier alpha value is -1.06. The largest absolute Gasteiger partial charge is 0.481 e. The zero-order valence-corrected chi connectivity index (χ0v) is 12.5. The van der Waals surface area contributed by atoms with Gasteiger partial charge in [-0.2, -0.15) is 0 Å². The molecule has 3 unspecified atom stereocenters. The summed E-state index contributed by atoms with van der Waals surface area (Å²) in [7, 11) is 0. The van der Waals surface area contributed by atoms with Crippen LogP contribution in [0, 0.1) is 11.8 Å². The highest BCUT2D eigenvalue weighted by molar-refractivity contribution is 5.80. The lowest BCUT2D eigenvalue weighted by molar-refractivity contribution is -0.146. The van der Waals surface area contributed by atoms with E-state index in [0.717, 1.165) is 51.5 Å². The summed E-state index contributed by atoms with van der Waals surface area (Å²) in [6.45, 7) is 3.04. The Labute approximate surface area is 121 Å². The summed E-state index contributed by atoms with van der Waals surface area (Å²) in [5.41, 5.74) is 0. The van der Waals surface area contributed by atoms with Crippen molar-refractivity contribution < 1.29 is 14.7 Å². The summed E-state index contributed by atoms with van der Waals surface area (Å²) < 4.78 is 0. The van der Waals surface area contributed by atoms with Crippen LogP contribution >= 0.6 is 0 Å². The molecule has 4 nitrogen and oxygen atoms in total. The lowest BCUT2D eigenvalue weighted by atomic mass is 9.80. The van der Waals surface area contributed by atoms with Gasteiger partial charge in [0.25, 0.3) is 0 Å². The number of likely N-dealkylation sites (tertiary alicyclic amines) is 1. The van der Waals surface area contributed by atoms with Crippen LogP contribution in [0.15, 0.2) is 0 Å². The van der Waals surface area contributed by atoms with E-state index in [0.29, 0.717) is 12.5 Å². The molecule has 2 rings (SSSR count). The molecule has 3 atom stereocenters. The van der Waals surface area contributed by atoms with Gasteiger partial charge in [-0.15, -0.1) is 0 Å². The predicted molar refractivity (Wildman–Crippen MR) is 77.3 cm³/mol. The number of amides is 1. The molecule has 1 N–H and O–H groups in total. The molecule has 20 heavy (non-hydrogen) atoms. The van der Waals surface area contributed by atoms with Gasteiger partial charge in [0.1, 0.15) is 0 Å². The Balaban J connectivity index is 1.99. The summed E-state index contributed by atoms with van der Waals surface area (Å²) >= 11 is 0. The Morgan fingerprint density at radius 2 is 1.85 bits per heavy atom. The third kappa shape index (κ3) is 3.53. The molecule has 0 spiro atoms. The molecule has 1 aliphatic carbocycles. The van der Waals surface area contributed by atoms with Gasteiger partial charge in [-0.3, -0.25) is 9.59 Å². The van der Waals surface area contributed by atoms with Crippen molar-refractivity contribution in [2.24, 2.45) is 11.8 Å². The summed E-state index contributed by atoms with van der Waals surface area (Å²) in [6, 6.07) is 0.395. The average molecular weight is 281 g/mol. The molecule has 2 aliphatic rings. The minimum Gasteiger partial charge on any atom is -0.481 e. The summed E-state index contributed by atoms with van der Waals surface area (Å²) in [5, 5.41) is 9.16. The van der Waals surface area contributed by atoms with Crippen molar-refractivity contribution in [2.45, 2.75) is 70.8 Å². The van der Waals surface area contributed by atoms with Crippen molar-refractivity contribution >= 4 is 11.9 Å². The number of carboxylic acids is 1. The number of carbonyl (C=O) groups excluding carboxylic acids is 1. The molecule has 0 radical (unpaired) electrons. The number of rotatable bonds is 4. The molecule has 1 aliphatic heterocycles. The van der Waals surface area contributed by atoms with Gasteiger partial charge in [0.2, 0.25) is 5.91 Å². The fourth-order valence-corrected chi connectivity index (χ4v) is 3.80. The van der Waals surface area contributed by atoms with Crippen LogP contribution < -0.4 is 0 Å². The van der Waals surface area contributed by atoms with Crippen LogP contribution in [0.25, 0.3) is 0 Å². The van der Waals surface area contributed by atoms with E-state index < -0.39 is 5.97 Å². The quantitative estimate of drug-likeness (QED) is 0.861. The average Bonchev–Trinajstić information content (AvgIpc) is 2.47. The van der Waals surface area contributed by atoms with E-state index in [1.165, 1.54) is 6.42 Å². The van der Waals surface area contributed by atoms with Gasteiger partial charge in [0.05, 0.1) is 5.92 Å². The van der Waals surface area contributed by atoms with Gasteiger partial charge < -0.3 is 10.0 Å². The zero-order valence-electron chi connectivity index (χ0n) is 12.5. The Morgan fingerprint density at radius 1 is 1.10 bits per heavy atom. The van der Waals surface area contributed by atoms with Gasteiger partial charge in [0, 0.05) is 18.5 Å².